The quantitative estimate of drug-likeness (QED) is 0.0962. The fourth-order valence-electron chi connectivity index (χ4n) is 4.87. The van der Waals surface area contributed by atoms with Crippen LogP contribution in [0, 0.1) is 0 Å². The van der Waals surface area contributed by atoms with Gasteiger partial charge in [0.2, 0.25) is 5.75 Å². The highest BCUT2D eigenvalue weighted by atomic mass is 79.9. The molecule has 1 unspecified atom stereocenters. The lowest BCUT2D eigenvalue weighted by molar-refractivity contribution is -0.128. The zero-order chi connectivity index (χ0) is 30.6. The molecule has 9 heteroatoms. The third-order valence-corrected chi connectivity index (χ3v) is 7.94. The van der Waals surface area contributed by atoms with Crippen LogP contribution in [0.1, 0.15) is 120 Å². The monoisotopic (exact) mass is 647 g/mol. The fraction of sp³-hybridized carbons (Fsp3) is 0.636. The van der Waals surface area contributed by atoms with Crippen molar-refractivity contribution in [1.29, 1.82) is 0 Å². The van der Waals surface area contributed by atoms with Crippen LogP contribution in [0.15, 0.2) is 29.1 Å². The van der Waals surface area contributed by atoms with Gasteiger partial charge in [-0.05, 0) is 47.3 Å². The molecule has 2 aromatic rings. The Morgan fingerprint density at radius 3 is 2.00 bits per heavy atom. The van der Waals surface area contributed by atoms with Gasteiger partial charge in [-0.2, -0.15) is 0 Å². The van der Waals surface area contributed by atoms with Crippen molar-refractivity contribution in [3.05, 3.63) is 40.4 Å². The van der Waals surface area contributed by atoms with Gasteiger partial charge in [0.05, 0.1) is 31.9 Å². The van der Waals surface area contributed by atoms with E-state index >= 15 is 0 Å². The van der Waals surface area contributed by atoms with E-state index in [0.717, 1.165) is 25.7 Å². The summed E-state index contributed by atoms with van der Waals surface area (Å²) in [5, 5.41) is 2.96. The van der Waals surface area contributed by atoms with Crippen molar-refractivity contribution in [2.24, 2.45) is 0 Å². The summed E-state index contributed by atoms with van der Waals surface area (Å²) >= 11 is 3.37. The Kier molecular flexibility index (Phi) is 17.8. The molecule has 42 heavy (non-hydrogen) atoms. The lowest BCUT2D eigenvalue weighted by atomic mass is 10.0. The highest BCUT2D eigenvalue weighted by Gasteiger charge is 2.28. The van der Waals surface area contributed by atoms with Gasteiger partial charge in [0.15, 0.2) is 23.4 Å². The summed E-state index contributed by atoms with van der Waals surface area (Å²) in [6.07, 6.45) is 18.5. The van der Waals surface area contributed by atoms with Gasteiger partial charge in [0.1, 0.15) is 4.60 Å². The average molecular weight is 649 g/mol. The molecule has 234 valence electrons. The van der Waals surface area contributed by atoms with Crippen LogP contribution < -0.4 is 19.5 Å². The van der Waals surface area contributed by atoms with Crippen LogP contribution in [0.25, 0.3) is 0 Å². The molecule has 1 aromatic heterocycles. The second-order valence-electron chi connectivity index (χ2n) is 10.6. The predicted molar refractivity (Wildman–Crippen MR) is 171 cm³/mol. The minimum Gasteiger partial charge on any atom is -0.493 e. The molecule has 0 bridgehead atoms. The van der Waals surface area contributed by atoms with Gasteiger partial charge in [-0.1, -0.05) is 84.5 Å². The number of nitrogens with zero attached hydrogens (tertiary/aromatic N) is 2. The molecule has 2 rings (SSSR count). The van der Waals surface area contributed by atoms with E-state index in [0.29, 0.717) is 34.6 Å². The molecule has 1 amide bonds. The van der Waals surface area contributed by atoms with Gasteiger partial charge in [-0.15, -0.1) is 0 Å². The number of unbranched alkanes of at least 4 members (excludes halogenated alkanes) is 11. The number of nitrogens with one attached hydrogen (secondary N) is 1. The first-order valence-corrected chi connectivity index (χ1v) is 16.4. The number of ether oxygens (including phenoxy) is 3. The summed E-state index contributed by atoms with van der Waals surface area (Å²) in [6, 6.07) is 3.32. The zero-order valence-electron chi connectivity index (χ0n) is 26.0. The van der Waals surface area contributed by atoms with Crippen molar-refractivity contribution in [2.45, 2.75) is 116 Å². The first-order valence-electron chi connectivity index (χ1n) is 15.6. The number of halogens is 1. The van der Waals surface area contributed by atoms with E-state index in [9.17, 15) is 9.59 Å². The second-order valence-corrected chi connectivity index (χ2v) is 11.4. The molecule has 0 spiro atoms. The molecular weight excluding hydrogens is 598 g/mol. The molecule has 8 nitrogen and oxygen atoms in total. The number of hydrogen-bond donors (Lipinski definition) is 1. The normalized spacial score (nSPS) is 11.6. The number of carbonyl (C=O) groups is 2. The maximum Gasteiger partial charge on any atom is 0.261 e. The van der Waals surface area contributed by atoms with E-state index in [2.05, 4.69) is 38.1 Å². The lowest BCUT2D eigenvalue weighted by Gasteiger charge is -2.23. The molecule has 1 aromatic carbocycles. The molecule has 0 saturated heterocycles. The summed E-state index contributed by atoms with van der Waals surface area (Å²) in [6.45, 7) is 4.81. The average Bonchev–Trinajstić information content (AvgIpc) is 3.00. The molecule has 0 aliphatic rings. The van der Waals surface area contributed by atoms with E-state index < -0.39 is 6.10 Å². The molecule has 1 N–H and O–H groups in total. The number of hydrogen-bond acceptors (Lipinski definition) is 7. The molecular formula is C33H50BrN3O5. The van der Waals surface area contributed by atoms with Crippen LogP contribution in [-0.2, 0) is 11.2 Å². The Labute approximate surface area is 260 Å². The Bertz CT molecular complexity index is 1080. The molecule has 0 saturated carbocycles. The molecule has 0 fully saturated rings. The van der Waals surface area contributed by atoms with Gasteiger partial charge in [0.25, 0.3) is 5.91 Å². The van der Waals surface area contributed by atoms with Gasteiger partial charge < -0.3 is 19.5 Å². The van der Waals surface area contributed by atoms with Gasteiger partial charge in [0, 0.05) is 18.9 Å². The maximum absolute atomic E-state index is 13.5. The summed E-state index contributed by atoms with van der Waals surface area (Å²) in [4.78, 5) is 35.1. The number of methoxy groups -OCH3 is 2. The second kappa shape index (κ2) is 21.1. The largest absolute Gasteiger partial charge is 0.493 e. The van der Waals surface area contributed by atoms with Crippen molar-refractivity contribution < 1.29 is 23.8 Å². The molecule has 0 aliphatic heterocycles. The minimum atomic E-state index is -0.768. The zero-order valence-corrected chi connectivity index (χ0v) is 27.6. The van der Waals surface area contributed by atoms with Crippen LogP contribution in [0.4, 0.5) is 0 Å². The third-order valence-electron chi connectivity index (χ3n) is 7.27. The number of ketones is 1. The Morgan fingerprint density at radius 1 is 0.810 bits per heavy atom. The van der Waals surface area contributed by atoms with Crippen molar-refractivity contribution >= 4 is 27.6 Å². The van der Waals surface area contributed by atoms with Crippen molar-refractivity contribution in [1.82, 2.24) is 15.3 Å². The van der Waals surface area contributed by atoms with E-state index in [1.807, 2.05) is 6.92 Å². The number of rotatable bonds is 23. The topological polar surface area (TPSA) is 99.6 Å². The Balaban J connectivity index is 2.08. The first kappa shape index (κ1) is 35.5. The van der Waals surface area contributed by atoms with Crippen molar-refractivity contribution in [3.63, 3.8) is 0 Å². The van der Waals surface area contributed by atoms with Crippen LogP contribution in [0.2, 0.25) is 0 Å². The molecule has 0 aliphatic carbocycles. The van der Waals surface area contributed by atoms with Crippen molar-refractivity contribution in [2.75, 3.05) is 20.8 Å². The van der Waals surface area contributed by atoms with Crippen LogP contribution in [0.5, 0.6) is 17.2 Å². The van der Waals surface area contributed by atoms with Gasteiger partial charge in [-0.3, -0.25) is 14.6 Å². The van der Waals surface area contributed by atoms with Crippen molar-refractivity contribution in [3.8, 4) is 17.2 Å². The standard InChI is InChI=1S/C33H50BrN3O5/c1-5-7-8-9-10-11-12-13-14-15-16-17-18-29(33(39)37-21-6-2)42-30-25(19-20-28(40-3)31(30)41-4)27(38)24-26-32(34)36-23-22-35-26/h19-20,22-23,29H,5-18,21,24H2,1-4H3,(H,37,39). The van der Waals surface area contributed by atoms with Crippen LogP contribution in [-0.4, -0.2) is 48.5 Å². The van der Waals surface area contributed by atoms with E-state index in [1.54, 1.807) is 24.5 Å². The highest BCUT2D eigenvalue weighted by molar-refractivity contribution is 9.10. The minimum absolute atomic E-state index is 0.00566. The Morgan fingerprint density at radius 2 is 1.43 bits per heavy atom. The van der Waals surface area contributed by atoms with E-state index in [1.165, 1.54) is 72.0 Å². The van der Waals surface area contributed by atoms with E-state index in [4.69, 9.17) is 14.2 Å². The summed E-state index contributed by atoms with van der Waals surface area (Å²) in [7, 11) is 3.02. The number of Topliss-reactive ketones (excluding diaryl/α,β-unsaturated/α-hetero) is 1. The predicted octanol–water partition coefficient (Wildman–Crippen LogP) is 8.05. The number of aromatic nitrogens is 2. The molecule has 1 heterocycles. The first-order chi connectivity index (χ1) is 20.5. The molecule has 0 radical (unpaired) electrons. The lowest BCUT2D eigenvalue weighted by Crippen LogP contribution is -2.39. The molecule has 1 atom stereocenters. The highest BCUT2D eigenvalue weighted by Crippen LogP contribution is 2.41. The number of benzene rings is 1. The number of amides is 1. The fourth-order valence-corrected chi connectivity index (χ4v) is 5.23. The van der Waals surface area contributed by atoms with Gasteiger partial charge >= 0.3 is 0 Å². The van der Waals surface area contributed by atoms with Crippen LogP contribution in [0.3, 0.4) is 0 Å². The SMILES string of the molecule is CCCCCCCCCCCCCCC(Oc1c(C(=O)Cc2nccnc2Br)ccc(OC)c1OC)C(=O)NCCC. The van der Waals surface area contributed by atoms with Crippen LogP contribution >= 0.6 is 15.9 Å². The maximum atomic E-state index is 13.5. The summed E-state index contributed by atoms with van der Waals surface area (Å²) < 4.78 is 18.0. The summed E-state index contributed by atoms with van der Waals surface area (Å²) in [5.41, 5.74) is 0.810. The third kappa shape index (κ3) is 12.3. The van der Waals surface area contributed by atoms with Gasteiger partial charge in [-0.25, -0.2) is 4.98 Å². The smallest absolute Gasteiger partial charge is 0.261 e. The summed E-state index contributed by atoms with van der Waals surface area (Å²) in [5.74, 6) is 0.481. The van der Waals surface area contributed by atoms with E-state index in [-0.39, 0.29) is 29.6 Å². The Hall–Kier alpha value is -2.68. The number of carbonyl (C=O) groups excluding carboxylic acids is 2.